The average molecular weight is 449 g/mol. The molecule has 8 nitrogen and oxygen atoms in total. The average Bonchev–Trinajstić information content (AvgIpc) is 3.30. The number of nitrogens with zero attached hydrogens (tertiary/aromatic N) is 3. The minimum absolute atomic E-state index is 0.0472. The topological polar surface area (TPSA) is 103 Å². The van der Waals surface area contributed by atoms with E-state index in [9.17, 15) is 9.59 Å². The van der Waals surface area contributed by atoms with Gasteiger partial charge in [-0.3, -0.25) is 15.1 Å². The largest absolute Gasteiger partial charge is 0.497 e. The van der Waals surface area contributed by atoms with Crippen molar-refractivity contribution in [3.63, 3.8) is 0 Å². The van der Waals surface area contributed by atoms with Gasteiger partial charge in [0.2, 0.25) is 0 Å². The van der Waals surface area contributed by atoms with E-state index in [4.69, 9.17) is 9.47 Å². The number of nitrogens with one attached hydrogen (secondary N) is 1. The molecule has 162 valence electrons. The van der Waals surface area contributed by atoms with E-state index in [1.165, 1.54) is 17.5 Å². The second-order valence-corrected chi connectivity index (χ2v) is 7.66. The molecule has 1 unspecified atom stereocenters. The number of ether oxygens (including phenoxy) is 2. The molecule has 2 aromatic heterocycles. The lowest BCUT2D eigenvalue weighted by molar-refractivity contribution is -0.124. The number of amides is 1. The van der Waals surface area contributed by atoms with Gasteiger partial charge in [0.15, 0.2) is 16.9 Å². The summed E-state index contributed by atoms with van der Waals surface area (Å²) < 4.78 is 10.6. The number of anilines is 1. The van der Waals surface area contributed by atoms with E-state index >= 15 is 0 Å². The Morgan fingerprint density at radius 1 is 1.06 bits per heavy atom. The first-order valence-electron chi connectivity index (χ1n) is 9.91. The number of benzene rings is 2. The fraction of sp³-hybridized carbons (Fsp3) is 0.174. The number of thiazole rings is 1. The summed E-state index contributed by atoms with van der Waals surface area (Å²) in [5.74, 6) is -0.408. The fourth-order valence-electron chi connectivity index (χ4n) is 2.98. The number of hydrogen-bond donors (Lipinski definition) is 1. The van der Waals surface area contributed by atoms with Gasteiger partial charge < -0.3 is 9.47 Å². The molecular weight excluding hydrogens is 428 g/mol. The number of carbonyl (C=O) groups is 2. The minimum Gasteiger partial charge on any atom is -0.497 e. The van der Waals surface area contributed by atoms with Crippen LogP contribution in [0.3, 0.4) is 0 Å². The summed E-state index contributed by atoms with van der Waals surface area (Å²) in [7, 11) is 1.61. The van der Waals surface area contributed by atoms with Crippen molar-refractivity contribution in [2.75, 3.05) is 12.4 Å². The van der Waals surface area contributed by atoms with Gasteiger partial charge in [-0.1, -0.05) is 19.1 Å². The third kappa shape index (κ3) is 4.73. The third-order valence-corrected chi connectivity index (χ3v) is 5.45. The Kier molecular flexibility index (Phi) is 6.37. The molecular formula is C23H20N4O4S. The van der Waals surface area contributed by atoms with Crippen LogP contribution in [0.5, 0.6) is 5.75 Å². The molecule has 0 saturated heterocycles. The number of para-hydroxylation sites is 2. The Morgan fingerprint density at radius 2 is 1.81 bits per heavy atom. The highest BCUT2D eigenvalue weighted by Crippen LogP contribution is 2.26. The van der Waals surface area contributed by atoms with Crippen molar-refractivity contribution in [3.8, 4) is 17.0 Å². The van der Waals surface area contributed by atoms with Crippen LogP contribution in [-0.4, -0.2) is 40.0 Å². The molecule has 0 aliphatic heterocycles. The van der Waals surface area contributed by atoms with Crippen molar-refractivity contribution in [1.82, 2.24) is 15.0 Å². The lowest BCUT2D eigenvalue weighted by atomic mass is 10.2. The van der Waals surface area contributed by atoms with E-state index in [1.807, 2.05) is 41.8 Å². The van der Waals surface area contributed by atoms with E-state index < -0.39 is 18.0 Å². The van der Waals surface area contributed by atoms with Gasteiger partial charge in [-0.15, -0.1) is 11.3 Å². The summed E-state index contributed by atoms with van der Waals surface area (Å²) in [6, 6.07) is 14.7. The third-order valence-electron chi connectivity index (χ3n) is 4.69. The van der Waals surface area contributed by atoms with Gasteiger partial charge in [0.1, 0.15) is 5.75 Å². The predicted molar refractivity (Wildman–Crippen MR) is 122 cm³/mol. The van der Waals surface area contributed by atoms with Crippen molar-refractivity contribution < 1.29 is 19.1 Å². The van der Waals surface area contributed by atoms with E-state index in [2.05, 4.69) is 20.3 Å². The lowest BCUT2D eigenvalue weighted by Crippen LogP contribution is -2.32. The van der Waals surface area contributed by atoms with Crippen LogP contribution in [0.1, 0.15) is 23.8 Å². The van der Waals surface area contributed by atoms with E-state index in [1.54, 1.807) is 26.2 Å². The van der Waals surface area contributed by atoms with Crippen LogP contribution >= 0.6 is 11.3 Å². The van der Waals surface area contributed by atoms with Crippen molar-refractivity contribution in [1.29, 1.82) is 0 Å². The molecule has 0 saturated carbocycles. The van der Waals surface area contributed by atoms with Gasteiger partial charge in [0, 0.05) is 10.9 Å². The molecule has 32 heavy (non-hydrogen) atoms. The van der Waals surface area contributed by atoms with Gasteiger partial charge in [0.05, 0.1) is 30.0 Å². The summed E-state index contributed by atoms with van der Waals surface area (Å²) in [5.41, 5.74) is 2.92. The molecule has 1 N–H and O–H groups in total. The highest BCUT2D eigenvalue weighted by atomic mass is 32.1. The standard InChI is InChI=1S/C23H20N4O4S/c1-3-20(31-22(29)18-12-24-16-6-4-5-7-17(16)25-18)21(28)27-23-26-19(13-32-23)14-8-10-15(30-2)11-9-14/h4-13,20H,3H2,1-2H3,(H,26,27,28). The summed E-state index contributed by atoms with van der Waals surface area (Å²) >= 11 is 1.29. The molecule has 0 spiro atoms. The zero-order valence-corrected chi connectivity index (χ0v) is 18.3. The smallest absolute Gasteiger partial charge is 0.359 e. The minimum atomic E-state index is -0.982. The predicted octanol–water partition coefficient (Wildman–Crippen LogP) is 4.34. The molecule has 0 radical (unpaired) electrons. The number of fused-ring (bicyclic) bond motifs is 1. The normalized spacial score (nSPS) is 11.7. The Balaban J connectivity index is 1.42. The molecule has 4 rings (SSSR count). The summed E-state index contributed by atoms with van der Waals surface area (Å²) in [6.07, 6.45) is 0.663. The molecule has 2 heterocycles. The molecule has 1 amide bonds. The van der Waals surface area contributed by atoms with Gasteiger partial charge in [-0.25, -0.2) is 14.8 Å². The maximum absolute atomic E-state index is 12.7. The number of rotatable bonds is 7. The van der Waals surface area contributed by atoms with Crippen LogP contribution in [0, 0.1) is 0 Å². The first-order valence-corrected chi connectivity index (χ1v) is 10.8. The highest BCUT2D eigenvalue weighted by molar-refractivity contribution is 7.14. The Labute approximate surface area is 188 Å². The Morgan fingerprint density at radius 3 is 2.53 bits per heavy atom. The van der Waals surface area contributed by atoms with Crippen LogP contribution in [0.25, 0.3) is 22.3 Å². The lowest BCUT2D eigenvalue weighted by Gasteiger charge is -2.14. The molecule has 0 bridgehead atoms. The second-order valence-electron chi connectivity index (χ2n) is 6.80. The van der Waals surface area contributed by atoms with Crippen LogP contribution in [-0.2, 0) is 9.53 Å². The number of hydrogen-bond acceptors (Lipinski definition) is 8. The van der Waals surface area contributed by atoms with Crippen LogP contribution in [0.15, 0.2) is 60.1 Å². The highest BCUT2D eigenvalue weighted by Gasteiger charge is 2.24. The molecule has 4 aromatic rings. The van der Waals surface area contributed by atoms with E-state index in [-0.39, 0.29) is 5.69 Å². The van der Waals surface area contributed by atoms with Crippen molar-refractivity contribution in [2.45, 2.75) is 19.4 Å². The molecule has 0 aliphatic carbocycles. The first kappa shape index (κ1) is 21.4. The summed E-state index contributed by atoms with van der Waals surface area (Å²) in [6.45, 7) is 1.76. The number of methoxy groups -OCH3 is 1. The van der Waals surface area contributed by atoms with Gasteiger partial charge in [-0.05, 0) is 42.8 Å². The van der Waals surface area contributed by atoms with E-state index in [0.29, 0.717) is 22.6 Å². The van der Waals surface area contributed by atoms with Crippen molar-refractivity contribution in [3.05, 3.63) is 65.8 Å². The fourth-order valence-corrected chi connectivity index (χ4v) is 3.70. The monoisotopic (exact) mass is 448 g/mol. The van der Waals surface area contributed by atoms with Crippen LogP contribution < -0.4 is 10.1 Å². The van der Waals surface area contributed by atoms with Crippen LogP contribution in [0.4, 0.5) is 5.13 Å². The number of carbonyl (C=O) groups excluding carboxylic acids is 2. The van der Waals surface area contributed by atoms with Gasteiger partial charge in [-0.2, -0.15) is 0 Å². The van der Waals surface area contributed by atoms with Crippen molar-refractivity contribution >= 4 is 39.4 Å². The number of esters is 1. The van der Waals surface area contributed by atoms with Crippen molar-refractivity contribution in [2.24, 2.45) is 0 Å². The van der Waals surface area contributed by atoms with E-state index in [0.717, 1.165) is 17.0 Å². The maximum Gasteiger partial charge on any atom is 0.359 e. The molecule has 0 aliphatic rings. The molecule has 9 heteroatoms. The number of aromatic nitrogens is 3. The summed E-state index contributed by atoms with van der Waals surface area (Å²) in [5, 5.41) is 4.98. The maximum atomic E-state index is 12.7. The Hall–Kier alpha value is -3.85. The quantitative estimate of drug-likeness (QED) is 0.420. The molecule has 2 aromatic carbocycles. The zero-order chi connectivity index (χ0) is 22.5. The van der Waals surface area contributed by atoms with Crippen LogP contribution in [0.2, 0.25) is 0 Å². The first-order chi connectivity index (χ1) is 15.6. The molecule has 0 fully saturated rings. The Bertz CT molecular complexity index is 1260. The SMILES string of the molecule is CCC(OC(=O)c1cnc2ccccc2n1)C(=O)Nc1nc(-c2ccc(OC)cc2)cs1. The zero-order valence-electron chi connectivity index (χ0n) is 17.4. The van der Waals surface area contributed by atoms with Gasteiger partial charge >= 0.3 is 5.97 Å². The second kappa shape index (κ2) is 9.52. The molecule has 1 atom stereocenters. The van der Waals surface area contributed by atoms with Gasteiger partial charge in [0.25, 0.3) is 5.91 Å². The summed E-state index contributed by atoms with van der Waals surface area (Å²) in [4.78, 5) is 38.1.